The van der Waals surface area contributed by atoms with E-state index in [9.17, 15) is 9.18 Å². The zero-order chi connectivity index (χ0) is 17.7. The van der Waals surface area contributed by atoms with Crippen LogP contribution in [0.25, 0.3) is 0 Å². The number of ether oxygens (including phenoxy) is 1. The molecule has 1 N–H and O–H groups in total. The first-order chi connectivity index (χ1) is 11.3. The summed E-state index contributed by atoms with van der Waals surface area (Å²) in [5.41, 5.74) is 0.0773. The van der Waals surface area contributed by atoms with Crippen molar-refractivity contribution in [3.05, 3.63) is 34.6 Å². The summed E-state index contributed by atoms with van der Waals surface area (Å²) < 4.78 is 19.4. The second-order valence-corrected chi connectivity index (χ2v) is 7.60. The molecular weight excluding hydrogens is 331 g/mol. The molecule has 0 heterocycles. The van der Waals surface area contributed by atoms with Crippen LogP contribution in [0, 0.1) is 5.82 Å². The number of alkyl carbamates (subject to hydrolysis) is 1. The van der Waals surface area contributed by atoms with Gasteiger partial charge in [-0.1, -0.05) is 30.2 Å². The minimum Gasteiger partial charge on any atom is -0.444 e. The van der Waals surface area contributed by atoms with Gasteiger partial charge < -0.3 is 10.1 Å². The second-order valence-electron chi connectivity index (χ2n) is 7.20. The summed E-state index contributed by atoms with van der Waals surface area (Å²) >= 11 is 5.87. The highest BCUT2D eigenvalue weighted by Crippen LogP contribution is 2.27. The fourth-order valence-electron chi connectivity index (χ4n) is 2.65. The lowest BCUT2D eigenvalue weighted by atomic mass is 9.91. The molecule has 0 spiro atoms. The molecule has 0 saturated heterocycles. The fraction of sp³-hybridized carbons (Fsp3) is 0.611. The van der Waals surface area contributed by atoms with E-state index in [0.29, 0.717) is 31.2 Å². The van der Waals surface area contributed by atoms with Crippen LogP contribution in [0.3, 0.4) is 0 Å². The normalized spacial score (nSPS) is 15.2. The van der Waals surface area contributed by atoms with Crippen molar-refractivity contribution in [2.24, 2.45) is 0 Å². The minimum absolute atomic E-state index is 0.146. The lowest BCUT2D eigenvalue weighted by Gasteiger charge is -2.37. The summed E-state index contributed by atoms with van der Waals surface area (Å²) in [5.74, 6) is -0.358. The van der Waals surface area contributed by atoms with Gasteiger partial charge in [-0.3, -0.25) is 4.90 Å². The maximum atomic E-state index is 14.1. The van der Waals surface area contributed by atoms with Crippen LogP contribution in [0.1, 0.15) is 45.6 Å². The van der Waals surface area contributed by atoms with Crippen LogP contribution in [-0.4, -0.2) is 35.7 Å². The lowest BCUT2D eigenvalue weighted by molar-refractivity contribution is 0.0508. The second kappa shape index (κ2) is 8.17. The Labute approximate surface area is 148 Å². The average molecular weight is 357 g/mol. The van der Waals surface area contributed by atoms with Crippen LogP contribution >= 0.6 is 11.6 Å². The van der Waals surface area contributed by atoms with Crippen molar-refractivity contribution in [2.75, 3.05) is 13.1 Å². The van der Waals surface area contributed by atoms with Crippen LogP contribution in [0.15, 0.2) is 18.2 Å². The lowest BCUT2D eigenvalue weighted by Crippen LogP contribution is -2.44. The number of carbonyl (C=O) groups excluding carboxylic acids is 1. The quantitative estimate of drug-likeness (QED) is 0.823. The van der Waals surface area contributed by atoms with Gasteiger partial charge in [0.25, 0.3) is 0 Å². The smallest absolute Gasteiger partial charge is 0.407 e. The van der Waals surface area contributed by atoms with Crippen molar-refractivity contribution < 1.29 is 13.9 Å². The number of amides is 1. The molecular formula is C18H26ClFN2O2. The molecule has 1 saturated carbocycles. The average Bonchev–Trinajstić information content (AvgIpc) is 2.39. The number of hydrogen-bond donors (Lipinski definition) is 1. The number of carbonyl (C=O) groups is 1. The first-order valence-electron chi connectivity index (χ1n) is 8.40. The molecule has 0 unspecified atom stereocenters. The Kier molecular flexibility index (Phi) is 6.47. The monoisotopic (exact) mass is 356 g/mol. The molecule has 0 atom stereocenters. The summed E-state index contributed by atoms with van der Waals surface area (Å²) in [5, 5.41) is 2.91. The van der Waals surface area contributed by atoms with Crippen molar-refractivity contribution in [3.63, 3.8) is 0 Å². The Morgan fingerprint density at radius 2 is 2.12 bits per heavy atom. The highest BCUT2D eigenvalue weighted by Gasteiger charge is 2.26. The van der Waals surface area contributed by atoms with Gasteiger partial charge in [-0.25, -0.2) is 9.18 Å². The largest absolute Gasteiger partial charge is 0.444 e. The van der Waals surface area contributed by atoms with Gasteiger partial charge in [0.2, 0.25) is 0 Å². The van der Waals surface area contributed by atoms with Crippen LogP contribution in [0.5, 0.6) is 0 Å². The molecule has 0 bridgehead atoms. The summed E-state index contributed by atoms with van der Waals surface area (Å²) in [6.45, 7) is 7.09. The van der Waals surface area contributed by atoms with Crippen molar-refractivity contribution in [1.29, 1.82) is 0 Å². The van der Waals surface area contributed by atoms with E-state index in [-0.39, 0.29) is 10.8 Å². The summed E-state index contributed by atoms with van der Waals surface area (Å²) in [6, 6.07) is 5.51. The van der Waals surface area contributed by atoms with E-state index < -0.39 is 11.7 Å². The number of nitrogens with one attached hydrogen (secondary N) is 1. The Morgan fingerprint density at radius 3 is 2.71 bits per heavy atom. The molecule has 24 heavy (non-hydrogen) atoms. The van der Waals surface area contributed by atoms with E-state index in [1.54, 1.807) is 18.2 Å². The van der Waals surface area contributed by atoms with E-state index in [1.807, 2.05) is 20.8 Å². The molecule has 1 fully saturated rings. The maximum Gasteiger partial charge on any atom is 0.407 e. The number of hydrogen-bond acceptors (Lipinski definition) is 3. The maximum absolute atomic E-state index is 14.1. The van der Waals surface area contributed by atoms with E-state index in [0.717, 1.165) is 12.8 Å². The third-order valence-corrected chi connectivity index (χ3v) is 4.36. The van der Waals surface area contributed by atoms with Crippen LogP contribution in [0.4, 0.5) is 9.18 Å². The molecule has 4 nitrogen and oxygen atoms in total. The van der Waals surface area contributed by atoms with Crippen molar-refractivity contribution in [3.8, 4) is 0 Å². The van der Waals surface area contributed by atoms with Gasteiger partial charge in [0.1, 0.15) is 11.4 Å². The van der Waals surface area contributed by atoms with E-state index in [2.05, 4.69) is 10.2 Å². The highest BCUT2D eigenvalue weighted by molar-refractivity contribution is 6.30. The zero-order valence-corrected chi connectivity index (χ0v) is 15.3. The van der Waals surface area contributed by atoms with Crippen LogP contribution < -0.4 is 5.32 Å². The number of benzene rings is 1. The van der Waals surface area contributed by atoms with E-state index in [1.165, 1.54) is 6.42 Å². The van der Waals surface area contributed by atoms with Gasteiger partial charge in [-0.2, -0.15) is 0 Å². The fourth-order valence-corrected chi connectivity index (χ4v) is 2.84. The molecule has 1 aliphatic carbocycles. The molecule has 0 aliphatic heterocycles. The van der Waals surface area contributed by atoms with Crippen molar-refractivity contribution >= 4 is 17.7 Å². The Morgan fingerprint density at radius 1 is 1.42 bits per heavy atom. The minimum atomic E-state index is -0.512. The summed E-state index contributed by atoms with van der Waals surface area (Å²) in [4.78, 5) is 13.9. The SMILES string of the molecule is CC(C)(C)OC(=O)NCCN(Cc1cccc(Cl)c1F)C1CCC1. The first-order valence-corrected chi connectivity index (χ1v) is 8.78. The van der Waals surface area contributed by atoms with Gasteiger partial charge >= 0.3 is 6.09 Å². The molecule has 134 valence electrons. The van der Waals surface area contributed by atoms with Gasteiger partial charge in [-0.05, 0) is 39.7 Å². The zero-order valence-electron chi connectivity index (χ0n) is 14.6. The predicted octanol–water partition coefficient (Wildman–Crippen LogP) is 4.36. The summed E-state index contributed by atoms with van der Waals surface area (Å²) in [7, 11) is 0. The Bertz CT molecular complexity index is 571. The van der Waals surface area contributed by atoms with Crippen molar-refractivity contribution in [2.45, 2.75) is 58.2 Å². The number of rotatable bonds is 6. The van der Waals surface area contributed by atoms with Gasteiger partial charge in [-0.15, -0.1) is 0 Å². The third kappa shape index (κ3) is 5.64. The van der Waals surface area contributed by atoms with Gasteiger partial charge in [0, 0.05) is 31.2 Å². The Hall–Kier alpha value is -1.33. The molecule has 1 aliphatic rings. The van der Waals surface area contributed by atoms with E-state index in [4.69, 9.17) is 16.3 Å². The van der Waals surface area contributed by atoms with Gasteiger partial charge in [0.05, 0.1) is 5.02 Å². The topological polar surface area (TPSA) is 41.6 Å². The third-order valence-electron chi connectivity index (χ3n) is 4.06. The molecule has 1 aromatic rings. The molecule has 2 rings (SSSR count). The van der Waals surface area contributed by atoms with Crippen molar-refractivity contribution in [1.82, 2.24) is 10.2 Å². The Balaban J connectivity index is 1.90. The molecule has 1 amide bonds. The van der Waals surface area contributed by atoms with Crippen LogP contribution in [-0.2, 0) is 11.3 Å². The number of halogens is 2. The molecule has 1 aromatic carbocycles. The predicted molar refractivity (Wildman–Crippen MR) is 93.7 cm³/mol. The molecule has 0 radical (unpaired) electrons. The van der Waals surface area contributed by atoms with Gasteiger partial charge in [0.15, 0.2) is 0 Å². The number of nitrogens with zero attached hydrogens (tertiary/aromatic N) is 1. The molecule has 0 aromatic heterocycles. The van der Waals surface area contributed by atoms with Crippen LogP contribution in [0.2, 0.25) is 5.02 Å². The first kappa shape index (κ1) is 19.0. The standard InChI is InChI=1S/C18H26ClFN2O2/c1-18(2,3)24-17(23)21-10-11-22(14-7-5-8-14)12-13-6-4-9-15(19)16(13)20/h4,6,9,14H,5,7-8,10-12H2,1-3H3,(H,21,23). The molecule has 6 heteroatoms. The summed E-state index contributed by atoms with van der Waals surface area (Å²) in [6.07, 6.45) is 2.98. The highest BCUT2D eigenvalue weighted by atomic mass is 35.5. The van der Waals surface area contributed by atoms with E-state index >= 15 is 0 Å².